The second kappa shape index (κ2) is 65.4. The van der Waals surface area contributed by atoms with Crippen molar-refractivity contribution in [3.05, 3.63) is 0 Å². The van der Waals surface area contributed by atoms with Crippen LogP contribution >= 0.6 is 15.6 Å². The molecule has 2 unspecified atom stereocenters. The number of carbonyl (C=O) groups is 4. The van der Waals surface area contributed by atoms with Gasteiger partial charge in [-0.15, -0.1) is 0 Å². The lowest BCUT2D eigenvalue weighted by Gasteiger charge is -2.21. The molecule has 0 heterocycles. The monoisotopic (exact) mass is 1340 g/mol. The quantitative estimate of drug-likeness (QED) is 0.0222. The summed E-state index contributed by atoms with van der Waals surface area (Å²) in [7, 11) is -9.89. The van der Waals surface area contributed by atoms with E-state index in [0.29, 0.717) is 25.7 Å². The van der Waals surface area contributed by atoms with Gasteiger partial charge in [0, 0.05) is 25.7 Å². The summed E-state index contributed by atoms with van der Waals surface area (Å²) in [6, 6.07) is 0. The first kappa shape index (κ1) is 89.1. The molecule has 0 aliphatic carbocycles. The summed E-state index contributed by atoms with van der Waals surface area (Å²) in [5.41, 5.74) is 0. The van der Waals surface area contributed by atoms with Gasteiger partial charge in [0.2, 0.25) is 0 Å². The van der Waals surface area contributed by atoms with E-state index in [1.165, 1.54) is 173 Å². The molecule has 0 aromatic rings. The lowest BCUT2D eigenvalue weighted by atomic mass is 10.0. The minimum Gasteiger partial charge on any atom is -0.462 e. The van der Waals surface area contributed by atoms with E-state index in [-0.39, 0.29) is 25.7 Å². The molecule has 0 aliphatic heterocycles. The highest BCUT2D eigenvalue weighted by Gasteiger charge is 2.30. The van der Waals surface area contributed by atoms with Crippen LogP contribution in [-0.2, 0) is 65.4 Å². The maximum absolute atomic E-state index is 13.1. The smallest absolute Gasteiger partial charge is 0.462 e. The molecule has 0 aliphatic rings. The fourth-order valence-corrected chi connectivity index (χ4v) is 12.6. The molecular weight excluding hydrogens is 1200 g/mol. The Balaban J connectivity index is 5.11. The van der Waals surface area contributed by atoms with Crippen molar-refractivity contribution in [3.8, 4) is 0 Å². The normalized spacial score (nSPS) is 14.0. The zero-order valence-corrected chi connectivity index (χ0v) is 60.8. The number of esters is 4. The summed E-state index contributed by atoms with van der Waals surface area (Å²) in [4.78, 5) is 72.3. The largest absolute Gasteiger partial charge is 0.472 e. The van der Waals surface area contributed by atoms with E-state index < -0.39 is 97.5 Å². The van der Waals surface area contributed by atoms with Crippen molar-refractivity contribution < 1.29 is 80.2 Å². The Morgan fingerprint density at radius 3 is 0.747 bits per heavy atom. The Kier molecular flexibility index (Phi) is 64.0. The Morgan fingerprint density at radius 2 is 0.505 bits per heavy atom. The number of hydrogen-bond acceptors (Lipinski definition) is 15. The van der Waals surface area contributed by atoms with E-state index in [1.54, 1.807) is 0 Å². The van der Waals surface area contributed by atoms with Gasteiger partial charge in [0.25, 0.3) is 0 Å². The summed E-state index contributed by atoms with van der Waals surface area (Å²) < 4.78 is 68.1. The summed E-state index contributed by atoms with van der Waals surface area (Å²) in [6.07, 6.45) is 53.2. The number of ether oxygens (including phenoxy) is 4. The molecule has 0 bridgehead atoms. The number of phosphoric acid groups is 2. The number of aliphatic hydroxyl groups excluding tert-OH is 1. The van der Waals surface area contributed by atoms with Crippen LogP contribution in [0.3, 0.4) is 0 Å². The van der Waals surface area contributed by atoms with Gasteiger partial charge < -0.3 is 33.8 Å². The standard InChI is InChI=1S/C72H140O17P2/c1-6-9-12-15-18-19-20-21-22-23-24-25-26-27-28-31-35-38-43-48-53-58-72(77)89-68(62-83-70(75)56-51-46-42-37-34-32-29-30-33-36-41-44-49-54-65(4)5)64-87-91(80,81)85-60-66(73)59-84-90(78,79)86-63-67(88-71(76)57-52-47-40-17-14-11-8-3)61-82-69(74)55-50-45-39-16-13-10-7-2/h65-68,73H,6-64H2,1-5H3,(H,78,79)(H,80,81)/t66-,67+,68+/m0/s1. The molecule has 0 amide bonds. The SMILES string of the molecule is CCCCCCCCCCCCCCCCCCCCCCCC(=O)O[C@H](COC(=O)CCCCCCCCCCCCCCCC(C)C)COP(=O)(O)OC[C@@H](O)COP(=O)(O)OC[C@@H](COC(=O)CCCCCCCCC)OC(=O)CCCCCCCCC. The molecule has 3 N–H and O–H groups in total. The van der Waals surface area contributed by atoms with Gasteiger partial charge in [-0.05, 0) is 31.6 Å². The lowest BCUT2D eigenvalue weighted by Crippen LogP contribution is -2.30. The third kappa shape index (κ3) is 66.5. The molecule has 0 saturated heterocycles. The predicted molar refractivity (Wildman–Crippen MR) is 368 cm³/mol. The Morgan fingerprint density at radius 1 is 0.297 bits per heavy atom. The van der Waals surface area contributed by atoms with E-state index in [4.69, 9.17) is 37.0 Å². The number of aliphatic hydroxyl groups is 1. The van der Waals surface area contributed by atoms with Crippen LogP contribution in [0.5, 0.6) is 0 Å². The van der Waals surface area contributed by atoms with Crippen molar-refractivity contribution in [2.24, 2.45) is 5.92 Å². The highest BCUT2D eigenvalue weighted by Crippen LogP contribution is 2.45. The van der Waals surface area contributed by atoms with Gasteiger partial charge in [-0.25, -0.2) is 9.13 Å². The average molecular weight is 1340 g/mol. The minimum atomic E-state index is -4.95. The van der Waals surface area contributed by atoms with Crippen molar-refractivity contribution in [2.45, 2.75) is 393 Å². The molecule has 0 radical (unpaired) electrons. The van der Waals surface area contributed by atoms with Gasteiger partial charge in [-0.3, -0.25) is 37.3 Å². The van der Waals surface area contributed by atoms with Crippen LogP contribution in [0.25, 0.3) is 0 Å². The fraction of sp³-hybridized carbons (Fsp3) is 0.944. The molecule has 0 saturated carbocycles. The summed E-state index contributed by atoms with van der Waals surface area (Å²) in [5.74, 6) is -1.34. The lowest BCUT2D eigenvalue weighted by molar-refractivity contribution is -0.161. The molecule has 0 spiro atoms. The summed E-state index contributed by atoms with van der Waals surface area (Å²) in [5, 5.41) is 10.6. The van der Waals surface area contributed by atoms with Crippen molar-refractivity contribution in [2.75, 3.05) is 39.6 Å². The maximum Gasteiger partial charge on any atom is 0.472 e. The second-order valence-electron chi connectivity index (χ2n) is 26.5. The van der Waals surface area contributed by atoms with Crippen LogP contribution < -0.4 is 0 Å². The molecule has 19 heteroatoms. The Hall–Kier alpha value is -1.94. The van der Waals surface area contributed by atoms with Crippen LogP contribution in [-0.4, -0.2) is 96.7 Å². The highest BCUT2D eigenvalue weighted by molar-refractivity contribution is 7.47. The molecule has 0 aromatic heterocycles. The van der Waals surface area contributed by atoms with E-state index in [1.807, 2.05) is 0 Å². The Labute approximate surface area is 556 Å². The van der Waals surface area contributed by atoms with Gasteiger partial charge in [0.05, 0.1) is 26.4 Å². The highest BCUT2D eigenvalue weighted by atomic mass is 31.2. The van der Waals surface area contributed by atoms with Crippen molar-refractivity contribution >= 4 is 39.5 Å². The number of hydrogen-bond donors (Lipinski definition) is 3. The van der Waals surface area contributed by atoms with Crippen molar-refractivity contribution in [1.29, 1.82) is 0 Å². The van der Waals surface area contributed by atoms with Crippen LogP contribution in [0, 0.1) is 5.92 Å². The van der Waals surface area contributed by atoms with Gasteiger partial charge in [-0.2, -0.15) is 0 Å². The third-order valence-corrected chi connectivity index (χ3v) is 18.7. The van der Waals surface area contributed by atoms with Crippen LogP contribution in [0.1, 0.15) is 375 Å². The number of phosphoric ester groups is 2. The Bertz CT molecular complexity index is 1750. The maximum atomic E-state index is 13.1. The molecule has 5 atom stereocenters. The average Bonchev–Trinajstić information content (AvgIpc) is 3.59. The van der Waals surface area contributed by atoms with Gasteiger partial charge in [-0.1, -0.05) is 324 Å². The van der Waals surface area contributed by atoms with Crippen LogP contribution in [0.2, 0.25) is 0 Å². The first-order chi connectivity index (χ1) is 44.0. The van der Waals surface area contributed by atoms with E-state index in [2.05, 4.69) is 34.6 Å². The summed E-state index contributed by atoms with van der Waals surface area (Å²) in [6.45, 7) is 7.19. The molecule has 0 fully saturated rings. The number of rotatable bonds is 72. The van der Waals surface area contributed by atoms with Gasteiger partial charge >= 0.3 is 39.5 Å². The van der Waals surface area contributed by atoms with Crippen LogP contribution in [0.4, 0.5) is 0 Å². The van der Waals surface area contributed by atoms with Crippen LogP contribution in [0.15, 0.2) is 0 Å². The fourth-order valence-electron chi connectivity index (χ4n) is 11.0. The minimum absolute atomic E-state index is 0.104. The first-order valence-electron chi connectivity index (χ1n) is 37.6. The molecular formula is C72H140O17P2. The molecule has 540 valence electrons. The molecule has 0 rings (SSSR count). The topological polar surface area (TPSA) is 237 Å². The summed E-state index contributed by atoms with van der Waals surface area (Å²) >= 11 is 0. The predicted octanol–water partition coefficient (Wildman–Crippen LogP) is 20.9. The van der Waals surface area contributed by atoms with E-state index in [0.717, 1.165) is 121 Å². The number of unbranched alkanes of at least 4 members (excludes halogenated alkanes) is 44. The van der Waals surface area contributed by atoms with Gasteiger partial charge in [0.15, 0.2) is 12.2 Å². The number of carbonyl (C=O) groups excluding carboxylic acids is 4. The zero-order chi connectivity index (χ0) is 67.0. The second-order valence-corrected chi connectivity index (χ2v) is 29.4. The zero-order valence-electron chi connectivity index (χ0n) is 59.0. The van der Waals surface area contributed by atoms with E-state index >= 15 is 0 Å². The van der Waals surface area contributed by atoms with Crippen molar-refractivity contribution in [3.63, 3.8) is 0 Å². The molecule has 0 aromatic carbocycles. The first-order valence-corrected chi connectivity index (χ1v) is 40.6. The molecule has 91 heavy (non-hydrogen) atoms. The van der Waals surface area contributed by atoms with Gasteiger partial charge in [0.1, 0.15) is 19.3 Å². The van der Waals surface area contributed by atoms with E-state index in [9.17, 15) is 43.2 Å². The molecule has 17 nitrogen and oxygen atoms in total. The van der Waals surface area contributed by atoms with Crippen molar-refractivity contribution in [1.82, 2.24) is 0 Å². The third-order valence-electron chi connectivity index (χ3n) is 16.8.